The first-order valence-corrected chi connectivity index (χ1v) is 5.78. The predicted molar refractivity (Wildman–Crippen MR) is 68.3 cm³/mol. The molecule has 0 saturated heterocycles. The summed E-state index contributed by atoms with van der Waals surface area (Å²) < 4.78 is 0. The SMILES string of the molecule is Cc1cccc2c1CCc1ccccc1N2. The third-order valence-electron chi connectivity index (χ3n) is 3.34. The fourth-order valence-electron chi connectivity index (χ4n) is 2.42. The van der Waals surface area contributed by atoms with Crippen molar-refractivity contribution in [1.29, 1.82) is 0 Å². The first-order chi connectivity index (χ1) is 7.84. The van der Waals surface area contributed by atoms with Crippen LogP contribution in [-0.4, -0.2) is 0 Å². The standard InChI is InChI=1S/C15H15N/c1-11-5-4-8-15-13(11)10-9-12-6-2-3-7-14(12)16-15/h2-8,16H,9-10H2,1H3. The molecule has 2 aromatic rings. The number of aryl methyl sites for hydroxylation is 2. The third kappa shape index (κ3) is 1.49. The molecule has 0 amide bonds. The topological polar surface area (TPSA) is 12.0 Å². The highest BCUT2D eigenvalue weighted by atomic mass is 14.9. The van der Waals surface area contributed by atoms with Crippen LogP contribution in [0.3, 0.4) is 0 Å². The van der Waals surface area contributed by atoms with E-state index in [0.29, 0.717) is 0 Å². The zero-order chi connectivity index (χ0) is 11.0. The van der Waals surface area contributed by atoms with Crippen molar-refractivity contribution in [3.63, 3.8) is 0 Å². The number of para-hydroxylation sites is 1. The summed E-state index contributed by atoms with van der Waals surface area (Å²) in [5.41, 5.74) is 6.78. The maximum absolute atomic E-state index is 3.54. The molecule has 1 nitrogen and oxygen atoms in total. The maximum Gasteiger partial charge on any atom is 0.0419 e. The van der Waals surface area contributed by atoms with E-state index in [9.17, 15) is 0 Å². The quantitative estimate of drug-likeness (QED) is 0.695. The molecule has 0 fully saturated rings. The zero-order valence-corrected chi connectivity index (χ0v) is 9.46. The van der Waals surface area contributed by atoms with E-state index in [2.05, 4.69) is 54.7 Å². The molecule has 1 aliphatic rings. The Balaban J connectivity index is 2.12. The summed E-state index contributed by atoms with van der Waals surface area (Å²) in [5, 5.41) is 3.54. The normalized spacial score (nSPS) is 13.3. The Morgan fingerprint density at radius 3 is 2.62 bits per heavy atom. The van der Waals surface area contributed by atoms with Gasteiger partial charge in [0.2, 0.25) is 0 Å². The minimum Gasteiger partial charge on any atom is -0.355 e. The lowest BCUT2D eigenvalue weighted by Gasteiger charge is -2.10. The van der Waals surface area contributed by atoms with Crippen LogP contribution in [0.15, 0.2) is 42.5 Å². The van der Waals surface area contributed by atoms with Crippen LogP contribution in [0, 0.1) is 6.92 Å². The number of fused-ring (bicyclic) bond motifs is 2. The summed E-state index contributed by atoms with van der Waals surface area (Å²) in [6.45, 7) is 2.19. The van der Waals surface area contributed by atoms with Gasteiger partial charge >= 0.3 is 0 Å². The van der Waals surface area contributed by atoms with Crippen molar-refractivity contribution in [1.82, 2.24) is 0 Å². The molecule has 1 heterocycles. The first-order valence-electron chi connectivity index (χ1n) is 5.78. The Morgan fingerprint density at radius 1 is 0.875 bits per heavy atom. The number of benzene rings is 2. The monoisotopic (exact) mass is 209 g/mol. The van der Waals surface area contributed by atoms with E-state index in [1.807, 2.05) is 0 Å². The van der Waals surface area contributed by atoms with E-state index >= 15 is 0 Å². The van der Waals surface area contributed by atoms with Crippen LogP contribution < -0.4 is 5.32 Å². The first kappa shape index (κ1) is 9.46. The molecule has 0 radical (unpaired) electrons. The van der Waals surface area contributed by atoms with Crippen LogP contribution in [-0.2, 0) is 12.8 Å². The van der Waals surface area contributed by atoms with Crippen molar-refractivity contribution >= 4 is 11.4 Å². The molecule has 2 aromatic carbocycles. The van der Waals surface area contributed by atoms with Crippen molar-refractivity contribution in [2.45, 2.75) is 19.8 Å². The van der Waals surface area contributed by atoms with Crippen molar-refractivity contribution < 1.29 is 0 Å². The summed E-state index contributed by atoms with van der Waals surface area (Å²) >= 11 is 0. The molecule has 0 bridgehead atoms. The van der Waals surface area contributed by atoms with Gasteiger partial charge in [-0.05, 0) is 48.6 Å². The average molecular weight is 209 g/mol. The molecule has 0 unspecified atom stereocenters. The van der Waals surface area contributed by atoms with E-state index in [1.165, 1.54) is 28.1 Å². The Hall–Kier alpha value is -1.76. The van der Waals surface area contributed by atoms with Crippen LogP contribution in [0.2, 0.25) is 0 Å². The van der Waals surface area contributed by atoms with Crippen molar-refractivity contribution in [2.75, 3.05) is 5.32 Å². The second-order valence-corrected chi connectivity index (χ2v) is 4.38. The van der Waals surface area contributed by atoms with E-state index in [0.717, 1.165) is 12.8 Å². The highest BCUT2D eigenvalue weighted by molar-refractivity contribution is 5.69. The van der Waals surface area contributed by atoms with Crippen molar-refractivity contribution in [2.24, 2.45) is 0 Å². The van der Waals surface area contributed by atoms with Gasteiger partial charge in [-0.25, -0.2) is 0 Å². The Kier molecular flexibility index (Phi) is 2.17. The minimum absolute atomic E-state index is 1.13. The molecule has 0 spiro atoms. The average Bonchev–Trinajstić information content (AvgIpc) is 2.48. The molecule has 0 aromatic heterocycles. The number of hydrogen-bond donors (Lipinski definition) is 1. The summed E-state index contributed by atoms with van der Waals surface area (Å²) in [6, 6.07) is 15.1. The summed E-state index contributed by atoms with van der Waals surface area (Å²) in [7, 11) is 0. The van der Waals surface area contributed by atoms with E-state index in [4.69, 9.17) is 0 Å². The van der Waals surface area contributed by atoms with Crippen LogP contribution in [0.25, 0.3) is 0 Å². The molecule has 1 heteroatoms. The lowest BCUT2D eigenvalue weighted by Crippen LogP contribution is -1.94. The molecule has 16 heavy (non-hydrogen) atoms. The highest BCUT2D eigenvalue weighted by Gasteiger charge is 2.12. The number of anilines is 2. The Labute approximate surface area is 96.1 Å². The van der Waals surface area contributed by atoms with Crippen LogP contribution in [0.5, 0.6) is 0 Å². The fraction of sp³-hybridized carbons (Fsp3) is 0.200. The molecular weight excluding hydrogens is 194 g/mol. The molecule has 3 rings (SSSR count). The molecule has 0 atom stereocenters. The Morgan fingerprint density at radius 2 is 1.69 bits per heavy atom. The van der Waals surface area contributed by atoms with Crippen LogP contribution in [0.4, 0.5) is 11.4 Å². The van der Waals surface area contributed by atoms with Gasteiger partial charge in [0, 0.05) is 11.4 Å². The van der Waals surface area contributed by atoms with Gasteiger partial charge in [-0.3, -0.25) is 0 Å². The second-order valence-electron chi connectivity index (χ2n) is 4.38. The smallest absolute Gasteiger partial charge is 0.0419 e. The summed E-state index contributed by atoms with van der Waals surface area (Å²) in [6.07, 6.45) is 2.26. The van der Waals surface area contributed by atoms with Crippen LogP contribution >= 0.6 is 0 Å². The van der Waals surface area contributed by atoms with E-state index < -0.39 is 0 Å². The highest BCUT2D eigenvalue weighted by Crippen LogP contribution is 2.31. The fourth-order valence-corrected chi connectivity index (χ4v) is 2.42. The molecule has 0 saturated carbocycles. The third-order valence-corrected chi connectivity index (χ3v) is 3.34. The van der Waals surface area contributed by atoms with Gasteiger partial charge in [0.1, 0.15) is 0 Å². The van der Waals surface area contributed by atoms with Crippen LogP contribution in [0.1, 0.15) is 16.7 Å². The predicted octanol–water partition coefficient (Wildman–Crippen LogP) is 3.84. The van der Waals surface area contributed by atoms with Gasteiger partial charge in [0.15, 0.2) is 0 Å². The zero-order valence-electron chi connectivity index (χ0n) is 9.46. The molecule has 80 valence electrons. The summed E-state index contributed by atoms with van der Waals surface area (Å²) in [4.78, 5) is 0. The number of nitrogens with one attached hydrogen (secondary N) is 1. The molecular formula is C15H15N. The second kappa shape index (κ2) is 3.67. The number of hydrogen-bond acceptors (Lipinski definition) is 1. The molecule has 1 N–H and O–H groups in total. The minimum atomic E-state index is 1.13. The summed E-state index contributed by atoms with van der Waals surface area (Å²) in [5.74, 6) is 0. The van der Waals surface area contributed by atoms with Gasteiger partial charge < -0.3 is 5.32 Å². The van der Waals surface area contributed by atoms with Gasteiger partial charge in [-0.2, -0.15) is 0 Å². The van der Waals surface area contributed by atoms with Gasteiger partial charge in [-0.15, -0.1) is 0 Å². The lowest BCUT2D eigenvalue weighted by atomic mass is 10.0. The van der Waals surface area contributed by atoms with Gasteiger partial charge in [0.25, 0.3) is 0 Å². The largest absolute Gasteiger partial charge is 0.355 e. The van der Waals surface area contributed by atoms with Crippen molar-refractivity contribution in [3.8, 4) is 0 Å². The molecule has 1 aliphatic heterocycles. The molecule has 0 aliphatic carbocycles. The van der Waals surface area contributed by atoms with Crippen molar-refractivity contribution in [3.05, 3.63) is 59.2 Å². The van der Waals surface area contributed by atoms with E-state index in [1.54, 1.807) is 0 Å². The van der Waals surface area contributed by atoms with E-state index in [-0.39, 0.29) is 0 Å². The number of rotatable bonds is 0. The Bertz CT molecular complexity index is 529. The maximum atomic E-state index is 3.54. The van der Waals surface area contributed by atoms with Gasteiger partial charge in [-0.1, -0.05) is 30.3 Å². The lowest BCUT2D eigenvalue weighted by molar-refractivity contribution is 0.966. The van der Waals surface area contributed by atoms with Gasteiger partial charge in [0.05, 0.1) is 0 Å².